The fourth-order valence-electron chi connectivity index (χ4n) is 3.28. The molecule has 0 amide bonds. The summed E-state index contributed by atoms with van der Waals surface area (Å²) in [5, 5.41) is 5.71. The van der Waals surface area contributed by atoms with Crippen molar-refractivity contribution in [2.75, 3.05) is 6.16 Å². The number of hydrogen-bond acceptors (Lipinski definition) is 0. The maximum absolute atomic E-state index is 4.70. The zero-order valence-electron chi connectivity index (χ0n) is 16.8. The quantitative estimate of drug-likeness (QED) is 0.141. The number of halogens is 2. The van der Waals surface area contributed by atoms with Gasteiger partial charge in [-0.15, -0.1) is 6.16 Å². The molecule has 0 atom stereocenters. The molecule has 4 aromatic rings. The molecule has 0 aliphatic heterocycles. The van der Waals surface area contributed by atoms with Gasteiger partial charge in [0.2, 0.25) is 0 Å². The molecule has 161 valence electrons. The minimum absolute atomic E-state index is 0.403. The third-order valence-electron chi connectivity index (χ3n) is 4.65. The van der Waals surface area contributed by atoms with Gasteiger partial charge >= 0.3 is 33.0 Å². The van der Waals surface area contributed by atoms with Gasteiger partial charge in [0.25, 0.3) is 0 Å². The summed E-state index contributed by atoms with van der Waals surface area (Å²) in [6.45, 7) is 0. The summed E-state index contributed by atoms with van der Waals surface area (Å²) in [5.74, 6) is 0. The molecule has 4 rings (SSSR count). The normalized spacial score (nSPS) is 10.7. The topological polar surface area (TPSA) is 0 Å². The Balaban J connectivity index is 0.000000858. The van der Waals surface area contributed by atoms with Gasteiger partial charge in [-0.1, -0.05) is 140 Å². The zero-order chi connectivity index (χ0) is 21.7. The first-order chi connectivity index (χ1) is 15.3. The summed E-state index contributed by atoms with van der Waals surface area (Å²) in [5.41, 5.74) is 0. The molecule has 0 heterocycles. The van der Waals surface area contributed by atoms with Crippen molar-refractivity contribution >= 4 is 57.4 Å². The second-order valence-electron chi connectivity index (χ2n) is 6.55. The molecule has 0 saturated heterocycles. The molecule has 0 aliphatic carbocycles. The SMILES string of the molecule is [Cl][Ni+][Cl].c1ccc(P([CH-]CP(c2ccccc2)c2ccccc2)c2ccccc2)cc1. The van der Waals surface area contributed by atoms with Crippen LogP contribution in [0.25, 0.3) is 0 Å². The largest absolute Gasteiger partial charge is 0.289 e. The summed E-state index contributed by atoms with van der Waals surface area (Å²) in [7, 11) is 8.53. The van der Waals surface area contributed by atoms with E-state index >= 15 is 0 Å². The van der Waals surface area contributed by atoms with Crippen LogP contribution in [0.4, 0.5) is 0 Å². The Labute approximate surface area is 202 Å². The van der Waals surface area contributed by atoms with Crippen LogP contribution in [-0.2, 0) is 12.7 Å². The van der Waals surface area contributed by atoms with Crippen LogP contribution in [0.5, 0.6) is 0 Å². The predicted octanol–water partition coefficient (Wildman–Crippen LogP) is 6.79. The molecule has 0 aromatic heterocycles. The minimum Gasteiger partial charge on any atom is -0.289 e. The standard InChI is InChI=1S/C26H23P2.2ClH.Ni/c1-5-13-23(14-6-1)27(24-15-7-2-8-16-24)21-22-28(25-17-9-3-10-18-25)26-19-11-4-12-20-26;;;/h1-21H,22H2;2*1H;/q-1;;;+3/p-2. The van der Waals surface area contributed by atoms with E-state index in [9.17, 15) is 0 Å². The van der Waals surface area contributed by atoms with Gasteiger partial charge < -0.3 is 0 Å². The van der Waals surface area contributed by atoms with Gasteiger partial charge in [-0.05, 0) is 10.6 Å². The summed E-state index contributed by atoms with van der Waals surface area (Å²) in [4.78, 5) is 0. The van der Waals surface area contributed by atoms with Crippen LogP contribution in [0, 0.1) is 6.16 Å². The number of hydrogen-bond donors (Lipinski definition) is 0. The van der Waals surface area contributed by atoms with Gasteiger partial charge in [0.15, 0.2) is 0 Å². The van der Waals surface area contributed by atoms with Gasteiger partial charge in [-0.25, -0.2) is 7.92 Å². The van der Waals surface area contributed by atoms with E-state index in [0.29, 0.717) is 12.7 Å². The van der Waals surface area contributed by atoms with Gasteiger partial charge in [0.05, 0.1) is 0 Å². The van der Waals surface area contributed by atoms with Gasteiger partial charge in [-0.3, -0.25) is 6.16 Å². The first-order valence-electron chi connectivity index (χ1n) is 9.76. The summed E-state index contributed by atoms with van der Waals surface area (Å²) < 4.78 is 0. The summed E-state index contributed by atoms with van der Waals surface area (Å²) in [6.07, 6.45) is 3.66. The zero-order valence-corrected chi connectivity index (χ0v) is 21.1. The van der Waals surface area contributed by atoms with Crippen molar-refractivity contribution in [2.45, 2.75) is 0 Å². The van der Waals surface area contributed by atoms with Crippen molar-refractivity contribution < 1.29 is 12.7 Å². The van der Waals surface area contributed by atoms with E-state index in [1.165, 1.54) is 21.2 Å². The summed E-state index contributed by atoms with van der Waals surface area (Å²) >= 11 is 0.569. The Morgan fingerprint density at radius 3 is 1.13 bits per heavy atom. The fourth-order valence-corrected chi connectivity index (χ4v) is 8.07. The van der Waals surface area contributed by atoms with Crippen LogP contribution in [0.15, 0.2) is 121 Å². The predicted molar refractivity (Wildman–Crippen MR) is 139 cm³/mol. The molecular weight excluding hydrogens is 504 g/mol. The molecule has 4 aromatic carbocycles. The van der Waals surface area contributed by atoms with Crippen molar-refractivity contribution in [3.63, 3.8) is 0 Å². The fraction of sp³-hybridized carbons (Fsp3) is 0.0385. The second-order valence-corrected chi connectivity index (χ2v) is 12.6. The molecular formula is C26H23Cl2NiP2. The van der Waals surface area contributed by atoms with E-state index in [2.05, 4.69) is 127 Å². The Bertz CT molecular complexity index is 825. The van der Waals surface area contributed by atoms with Crippen LogP contribution in [0.2, 0.25) is 0 Å². The van der Waals surface area contributed by atoms with Gasteiger partial charge in [0.1, 0.15) is 0 Å². The van der Waals surface area contributed by atoms with E-state index in [1.54, 1.807) is 0 Å². The average molecular weight is 527 g/mol. The molecule has 0 bridgehead atoms. The Kier molecular flexibility index (Phi) is 11.1. The van der Waals surface area contributed by atoms with Crippen LogP contribution >= 0.6 is 36.2 Å². The molecule has 0 saturated carbocycles. The maximum atomic E-state index is 4.70. The van der Waals surface area contributed by atoms with E-state index in [4.69, 9.17) is 20.4 Å². The molecule has 0 radical (unpaired) electrons. The van der Waals surface area contributed by atoms with E-state index in [0.717, 1.165) is 6.16 Å². The first kappa shape index (κ1) is 24.5. The number of benzene rings is 4. The van der Waals surface area contributed by atoms with Crippen molar-refractivity contribution in [3.05, 3.63) is 127 Å². The van der Waals surface area contributed by atoms with Crippen molar-refractivity contribution in [2.24, 2.45) is 0 Å². The minimum atomic E-state index is -0.473. The van der Waals surface area contributed by atoms with Gasteiger partial charge in [-0.2, -0.15) is 0 Å². The molecule has 0 N–H and O–H groups in total. The summed E-state index contributed by atoms with van der Waals surface area (Å²) in [6, 6.07) is 43.8. The van der Waals surface area contributed by atoms with E-state index in [1.807, 2.05) is 0 Å². The van der Waals surface area contributed by atoms with Crippen LogP contribution < -0.4 is 21.2 Å². The van der Waals surface area contributed by atoms with Crippen LogP contribution in [-0.4, -0.2) is 6.16 Å². The monoisotopic (exact) mass is 525 g/mol. The first-order valence-corrected chi connectivity index (χ1v) is 15.4. The van der Waals surface area contributed by atoms with Crippen LogP contribution in [0.1, 0.15) is 0 Å². The van der Waals surface area contributed by atoms with Crippen molar-refractivity contribution in [1.29, 1.82) is 0 Å². The molecule has 0 fully saturated rings. The van der Waals surface area contributed by atoms with Gasteiger partial charge in [0, 0.05) is 0 Å². The van der Waals surface area contributed by atoms with Crippen LogP contribution in [0.3, 0.4) is 0 Å². The van der Waals surface area contributed by atoms with Crippen molar-refractivity contribution in [3.8, 4) is 0 Å². The Morgan fingerprint density at radius 2 is 0.806 bits per heavy atom. The smallest absolute Gasteiger partial charge is 0.0220 e. The number of rotatable bonds is 7. The van der Waals surface area contributed by atoms with E-state index < -0.39 is 15.8 Å². The van der Waals surface area contributed by atoms with E-state index in [-0.39, 0.29) is 0 Å². The molecule has 5 heteroatoms. The molecule has 31 heavy (non-hydrogen) atoms. The Hall–Kier alpha value is -1.19. The third-order valence-corrected chi connectivity index (χ3v) is 9.59. The molecule has 0 nitrogen and oxygen atoms in total. The average Bonchev–Trinajstić information content (AvgIpc) is 2.85. The molecule has 0 unspecified atom stereocenters. The van der Waals surface area contributed by atoms with Crippen molar-refractivity contribution in [1.82, 2.24) is 0 Å². The Morgan fingerprint density at radius 1 is 0.516 bits per heavy atom. The second kappa shape index (κ2) is 14.1. The molecule has 0 spiro atoms. The third kappa shape index (κ3) is 7.72. The molecule has 0 aliphatic rings. The maximum Gasteiger partial charge on any atom is -0.0220 e.